The average molecular weight is 249 g/mol. The first-order chi connectivity index (χ1) is 8.60. The first-order valence-electron chi connectivity index (χ1n) is 5.77. The van der Waals surface area contributed by atoms with Crippen molar-refractivity contribution in [3.63, 3.8) is 0 Å². The number of rotatable bonds is 4. The fraction of sp³-hybridized carbons (Fsp3) is 0.286. The van der Waals surface area contributed by atoms with Crippen LogP contribution >= 0.6 is 0 Å². The van der Waals surface area contributed by atoms with Crippen molar-refractivity contribution in [2.24, 2.45) is 5.73 Å². The summed E-state index contributed by atoms with van der Waals surface area (Å²) in [5.41, 5.74) is 7.42. The van der Waals surface area contributed by atoms with Gasteiger partial charge in [0.1, 0.15) is 29.7 Å². The molecule has 0 saturated carbocycles. The molecule has 2 aromatic rings. The molecular weight excluding hydrogens is 233 g/mol. The first-order valence-corrected chi connectivity index (χ1v) is 5.77. The van der Waals surface area contributed by atoms with E-state index in [2.05, 4.69) is 0 Å². The fourth-order valence-electron chi connectivity index (χ4n) is 1.74. The van der Waals surface area contributed by atoms with Gasteiger partial charge in [0.25, 0.3) is 0 Å². The van der Waals surface area contributed by atoms with Gasteiger partial charge in [0.2, 0.25) is 0 Å². The Morgan fingerprint density at radius 1 is 1.28 bits per heavy atom. The van der Waals surface area contributed by atoms with Crippen LogP contribution in [0.2, 0.25) is 0 Å². The molecule has 0 aliphatic carbocycles. The van der Waals surface area contributed by atoms with Gasteiger partial charge in [-0.25, -0.2) is 4.39 Å². The van der Waals surface area contributed by atoms with Crippen LogP contribution in [0.3, 0.4) is 0 Å². The number of nitrogens with two attached hydrogens (primary N) is 1. The zero-order valence-corrected chi connectivity index (χ0v) is 10.5. The Bertz CT molecular complexity index is 549. The molecule has 0 unspecified atom stereocenters. The van der Waals surface area contributed by atoms with E-state index in [1.807, 2.05) is 19.9 Å². The Morgan fingerprint density at radius 3 is 2.72 bits per heavy atom. The standard InChI is InChI=1S/C14H16FNO2/c1-9-3-4-12(15)6-14(9)17-8-13-5-11(7-16)10(2)18-13/h3-6H,7-8,16H2,1-2H3. The zero-order chi connectivity index (χ0) is 13.1. The van der Waals surface area contributed by atoms with Crippen molar-refractivity contribution in [1.82, 2.24) is 0 Å². The van der Waals surface area contributed by atoms with Gasteiger partial charge in [-0.3, -0.25) is 0 Å². The predicted molar refractivity (Wildman–Crippen MR) is 66.8 cm³/mol. The van der Waals surface area contributed by atoms with Crippen molar-refractivity contribution in [1.29, 1.82) is 0 Å². The van der Waals surface area contributed by atoms with E-state index in [-0.39, 0.29) is 12.4 Å². The molecule has 0 aliphatic rings. The maximum atomic E-state index is 13.1. The predicted octanol–water partition coefficient (Wildman–Crippen LogP) is 3.07. The molecule has 4 heteroatoms. The highest BCUT2D eigenvalue weighted by Crippen LogP contribution is 2.21. The molecule has 1 aromatic heterocycles. The fourth-order valence-corrected chi connectivity index (χ4v) is 1.74. The molecule has 3 nitrogen and oxygen atoms in total. The van der Waals surface area contributed by atoms with Crippen LogP contribution in [0.1, 0.15) is 22.6 Å². The molecule has 2 rings (SSSR count). The highest BCUT2D eigenvalue weighted by Gasteiger charge is 2.08. The van der Waals surface area contributed by atoms with Crippen LogP contribution in [0, 0.1) is 19.7 Å². The molecule has 1 aromatic carbocycles. The van der Waals surface area contributed by atoms with E-state index < -0.39 is 0 Å². The number of hydrogen-bond acceptors (Lipinski definition) is 3. The van der Waals surface area contributed by atoms with E-state index in [9.17, 15) is 4.39 Å². The van der Waals surface area contributed by atoms with Gasteiger partial charge in [-0.05, 0) is 31.5 Å². The Labute approximate surface area is 105 Å². The number of ether oxygens (including phenoxy) is 1. The second-order valence-electron chi connectivity index (χ2n) is 4.20. The average Bonchev–Trinajstić information content (AvgIpc) is 2.71. The molecule has 2 N–H and O–H groups in total. The van der Waals surface area contributed by atoms with Gasteiger partial charge >= 0.3 is 0 Å². The highest BCUT2D eigenvalue weighted by molar-refractivity contribution is 5.32. The van der Waals surface area contributed by atoms with Crippen LogP contribution in [0.4, 0.5) is 4.39 Å². The number of furan rings is 1. The third-order valence-electron chi connectivity index (χ3n) is 2.81. The summed E-state index contributed by atoms with van der Waals surface area (Å²) in [6, 6.07) is 6.33. The van der Waals surface area contributed by atoms with E-state index in [0.717, 1.165) is 16.9 Å². The smallest absolute Gasteiger partial charge is 0.146 e. The van der Waals surface area contributed by atoms with Gasteiger partial charge in [0.05, 0.1) is 0 Å². The van der Waals surface area contributed by atoms with Crippen LogP contribution < -0.4 is 10.5 Å². The Balaban J connectivity index is 2.08. The number of benzene rings is 1. The summed E-state index contributed by atoms with van der Waals surface area (Å²) in [6.45, 7) is 4.44. The second kappa shape index (κ2) is 5.23. The molecule has 0 spiro atoms. The van der Waals surface area contributed by atoms with Crippen molar-refractivity contribution in [3.8, 4) is 5.75 Å². The third-order valence-corrected chi connectivity index (χ3v) is 2.81. The minimum Gasteiger partial charge on any atom is -0.485 e. The van der Waals surface area contributed by atoms with Crippen LogP contribution in [0.25, 0.3) is 0 Å². The summed E-state index contributed by atoms with van der Waals surface area (Å²) >= 11 is 0. The molecule has 0 atom stereocenters. The molecule has 0 amide bonds. The van der Waals surface area contributed by atoms with Crippen molar-refractivity contribution in [2.45, 2.75) is 27.0 Å². The molecule has 1 heterocycles. The topological polar surface area (TPSA) is 48.4 Å². The van der Waals surface area contributed by atoms with Crippen LogP contribution in [-0.4, -0.2) is 0 Å². The monoisotopic (exact) mass is 249 g/mol. The van der Waals surface area contributed by atoms with E-state index in [0.29, 0.717) is 18.1 Å². The molecule has 0 saturated heterocycles. The quantitative estimate of drug-likeness (QED) is 0.905. The minimum absolute atomic E-state index is 0.269. The second-order valence-corrected chi connectivity index (χ2v) is 4.20. The van der Waals surface area contributed by atoms with Gasteiger partial charge in [0.15, 0.2) is 0 Å². The van der Waals surface area contributed by atoms with Crippen molar-refractivity contribution < 1.29 is 13.5 Å². The lowest BCUT2D eigenvalue weighted by atomic mass is 10.2. The summed E-state index contributed by atoms with van der Waals surface area (Å²) in [4.78, 5) is 0. The normalized spacial score (nSPS) is 10.7. The minimum atomic E-state index is -0.311. The molecule has 0 aliphatic heterocycles. The highest BCUT2D eigenvalue weighted by atomic mass is 19.1. The van der Waals surface area contributed by atoms with Crippen molar-refractivity contribution in [2.75, 3.05) is 0 Å². The SMILES string of the molecule is Cc1ccc(F)cc1OCc1cc(CN)c(C)o1. The van der Waals surface area contributed by atoms with Gasteiger partial charge in [-0.15, -0.1) is 0 Å². The molecule has 0 radical (unpaired) electrons. The Hall–Kier alpha value is -1.81. The largest absolute Gasteiger partial charge is 0.485 e. The molecule has 96 valence electrons. The lowest BCUT2D eigenvalue weighted by molar-refractivity contribution is 0.265. The molecule has 0 bridgehead atoms. The Morgan fingerprint density at radius 2 is 2.06 bits per heavy atom. The lowest BCUT2D eigenvalue weighted by Crippen LogP contribution is -1.97. The van der Waals surface area contributed by atoms with Crippen molar-refractivity contribution in [3.05, 3.63) is 52.7 Å². The summed E-state index contributed by atoms with van der Waals surface area (Å²) in [7, 11) is 0. The maximum Gasteiger partial charge on any atom is 0.146 e. The zero-order valence-electron chi connectivity index (χ0n) is 10.5. The van der Waals surface area contributed by atoms with E-state index in [4.69, 9.17) is 14.9 Å². The van der Waals surface area contributed by atoms with Crippen LogP contribution in [0.5, 0.6) is 5.75 Å². The summed E-state index contributed by atoms with van der Waals surface area (Å²) in [5.74, 6) is 1.70. The number of aryl methyl sites for hydroxylation is 2. The van der Waals surface area contributed by atoms with Crippen LogP contribution in [0.15, 0.2) is 28.7 Å². The van der Waals surface area contributed by atoms with Crippen LogP contribution in [-0.2, 0) is 13.2 Å². The molecule has 18 heavy (non-hydrogen) atoms. The van der Waals surface area contributed by atoms with Gasteiger partial charge < -0.3 is 14.9 Å². The van der Waals surface area contributed by atoms with E-state index >= 15 is 0 Å². The summed E-state index contributed by atoms with van der Waals surface area (Å²) in [6.07, 6.45) is 0. The first kappa shape index (κ1) is 12.6. The number of hydrogen-bond donors (Lipinski definition) is 1. The third kappa shape index (κ3) is 2.71. The number of halogens is 1. The van der Waals surface area contributed by atoms with E-state index in [1.54, 1.807) is 6.07 Å². The van der Waals surface area contributed by atoms with Gasteiger partial charge in [0, 0.05) is 18.2 Å². The summed E-state index contributed by atoms with van der Waals surface area (Å²) in [5, 5.41) is 0. The molecule has 0 fully saturated rings. The maximum absolute atomic E-state index is 13.1. The Kier molecular flexibility index (Phi) is 3.67. The van der Waals surface area contributed by atoms with Gasteiger partial charge in [-0.2, -0.15) is 0 Å². The van der Waals surface area contributed by atoms with Gasteiger partial charge in [-0.1, -0.05) is 6.07 Å². The summed E-state index contributed by atoms with van der Waals surface area (Å²) < 4.78 is 24.1. The van der Waals surface area contributed by atoms with Crippen molar-refractivity contribution >= 4 is 0 Å². The lowest BCUT2D eigenvalue weighted by Gasteiger charge is -2.07. The van der Waals surface area contributed by atoms with E-state index in [1.165, 1.54) is 12.1 Å². The molecular formula is C14H16FNO2.